The Morgan fingerprint density at radius 3 is 1.94 bits per heavy atom. The average molecular weight is 483 g/mol. The normalized spacial score (nSPS) is 17.8. The Morgan fingerprint density at radius 2 is 1.48 bits per heavy atom. The summed E-state index contributed by atoms with van der Waals surface area (Å²) in [6.07, 6.45) is -3.96. The fraction of sp³-hybridized carbons (Fsp3) is 0.368. The fourth-order valence-electron chi connectivity index (χ4n) is 2.66. The molecule has 1 saturated carbocycles. The molecular formula is C19H19F6N3O5. The number of amides is 1. The number of nitrogens with zero attached hydrogens (tertiary/aromatic N) is 1. The van der Waals surface area contributed by atoms with Crippen LogP contribution in [0.25, 0.3) is 10.8 Å². The molecule has 0 saturated heterocycles. The number of halogens is 6. The summed E-state index contributed by atoms with van der Waals surface area (Å²) in [5.41, 5.74) is 6.68. The van der Waals surface area contributed by atoms with Crippen molar-refractivity contribution >= 4 is 34.3 Å². The van der Waals surface area contributed by atoms with Crippen molar-refractivity contribution in [1.82, 2.24) is 4.98 Å². The Bertz CT molecular complexity index is 956. The topological polar surface area (TPSA) is 143 Å². The summed E-state index contributed by atoms with van der Waals surface area (Å²) in [6.45, 7) is 0. The zero-order chi connectivity index (χ0) is 25.4. The zero-order valence-electron chi connectivity index (χ0n) is 16.7. The number of pyridine rings is 1. The van der Waals surface area contributed by atoms with E-state index in [0.717, 1.165) is 35.7 Å². The third-order valence-corrected chi connectivity index (χ3v) is 4.24. The number of carboxylic acids is 2. The van der Waals surface area contributed by atoms with E-state index in [4.69, 9.17) is 25.5 Å². The van der Waals surface area contributed by atoms with Gasteiger partial charge in [-0.05, 0) is 42.8 Å². The van der Waals surface area contributed by atoms with Crippen molar-refractivity contribution in [2.45, 2.75) is 37.7 Å². The monoisotopic (exact) mass is 483 g/mol. The summed E-state index contributed by atoms with van der Waals surface area (Å²) >= 11 is 0. The molecule has 2 aromatic rings. The van der Waals surface area contributed by atoms with Gasteiger partial charge in [0.25, 0.3) is 0 Å². The van der Waals surface area contributed by atoms with Crippen molar-refractivity contribution in [2.24, 2.45) is 11.7 Å². The molecule has 1 fully saturated rings. The first kappa shape index (κ1) is 27.6. The lowest BCUT2D eigenvalue weighted by atomic mass is 10.1. The van der Waals surface area contributed by atoms with E-state index in [0.29, 0.717) is 0 Å². The summed E-state index contributed by atoms with van der Waals surface area (Å²) < 4.78 is 63.5. The minimum Gasteiger partial charge on any atom is -0.475 e. The lowest BCUT2D eigenvalue weighted by molar-refractivity contribution is -0.193. The summed E-state index contributed by atoms with van der Waals surface area (Å²) in [5.74, 6) is -5.37. The van der Waals surface area contributed by atoms with Crippen molar-refractivity contribution in [2.75, 3.05) is 5.32 Å². The number of rotatable bonds is 2. The van der Waals surface area contributed by atoms with Gasteiger partial charge in [0.15, 0.2) is 0 Å². The van der Waals surface area contributed by atoms with Crippen LogP contribution in [0.15, 0.2) is 36.7 Å². The molecule has 3 rings (SSSR count). The Hall–Kier alpha value is -3.42. The van der Waals surface area contributed by atoms with Crippen LogP contribution < -0.4 is 11.1 Å². The Kier molecular flexibility index (Phi) is 9.58. The van der Waals surface area contributed by atoms with E-state index in [1.807, 2.05) is 30.5 Å². The minimum absolute atomic E-state index is 0.0585. The molecule has 1 aromatic carbocycles. The van der Waals surface area contributed by atoms with Crippen molar-refractivity contribution in [1.29, 1.82) is 0 Å². The molecule has 0 spiro atoms. The highest BCUT2D eigenvalue weighted by Gasteiger charge is 2.38. The second-order valence-electron chi connectivity index (χ2n) is 6.80. The molecule has 2 atom stereocenters. The lowest BCUT2D eigenvalue weighted by Crippen LogP contribution is -2.23. The van der Waals surface area contributed by atoms with Crippen LogP contribution in [0.4, 0.5) is 32.0 Å². The second-order valence-corrected chi connectivity index (χ2v) is 6.80. The van der Waals surface area contributed by atoms with Gasteiger partial charge in [0.05, 0.1) is 0 Å². The van der Waals surface area contributed by atoms with E-state index in [-0.39, 0.29) is 17.9 Å². The number of carbonyl (C=O) groups excluding carboxylic acids is 1. The molecular weight excluding hydrogens is 464 g/mol. The maximum Gasteiger partial charge on any atom is 0.490 e. The van der Waals surface area contributed by atoms with E-state index < -0.39 is 24.3 Å². The van der Waals surface area contributed by atoms with Crippen molar-refractivity contribution in [3.63, 3.8) is 0 Å². The number of aromatic nitrogens is 1. The molecule has 0 radical (unpaired) electrons. The first-order valence-electron chi connectivity index (χ1n) is 9.11. The van der Waals surface area contributed by atoms with Crippen molar-refractivity contribution < 1.29 is 50.9 Å². The van der Waals surface area contributed by atoms with Crippen LogP contribution >= 0.6 is 0 Å². The smallest absolute Gasteiger partial charge is 0.475 e. The number of alkyl halides is 6. The van der Waals surface area contributed by atoms with Gasteiger partial charge in [-0.25, -0.2) is 9.59 Å². The SMILES string of the molecule is N[C@@H]1CC[C@H](C(=O)Nc2ccc3cnccc3c2)C1.O=C(O)C(F)(F)F.O=C(O)C(F)(F)F. The first-order valence-corrected chi connectivity index (χ1v) is 9.11. The van der Waals surface area contributed by atoms with Gasteiger partial charge in [-0.1, -0.05) is 6.07 Å². The van der Waals surface area contributed by atoms with E-state index in [2.05, 4.69) is 10.3 Å². The number of nitrogens with one attached hydrogen (secondary N) is 1. The van der Waals surface area contributed by atoms with Gasteiger partial charge in [0, 0.05) is 35.4 Å². The molecule has 33 heavy (non-hydrogen) atoms. The molecule has 1 aliphatic rings. The Balaban J connectivity index is 0.000000324. The number of carbonyl (C=O) groups is 3. The third kappa shape index (κ3) is 9.72. The standard InChI is InChI=1S/C15H17N3O.2C2HF3O2/c16-13-3-1-11(7-13)15(19)18-14-4-2-12-9-17-6-5-10(12)8-14;2*3-2(4,5)1(6)7/h2,4-6,8-9,11,13H,1,3,7,16H2,(H,18,19);2*(H,6,7)/t11-,13+;;/m0../s1. The van der Waals surface area contributed by atoms with Gasteiger partial charge in [-0.3, -0.25) is 9.78 Å². The van der Waals surface area contributed by atoms with Crippen LogP contribution in [-0.4, -0.2) is 51.4 Å². The largest absolute Gasteiger partial charge is 0.490 e. The number of anilines is 1. The quantitative estimate of drug-likeness (QED) is 0.479. The Labute approximate surface area is 182 Å². The molecule has 5 N–H and O–H groups in total. The first-order chi connectivity index (χ1) is 15.1. The second kappa shape index (κ2) is 11.4. The Morgan fingerprint density at radius 1 is 0.939 bits per heavy atom. The van der Waals surface area contributed by atoms with Crippen LogP contribution in [0.2, 0.25) is 0 Å². The van der Waals surface area contributed by atoms with Crippen LogP contribution in [-0.2, 0) is 14.4 Å². The minimum atomic E-state index is -5.08. The highest BCUT2D eigenvalue weighted by Crippen LogP contribution is 2.26. The zero-order valence-corrected chi connectivity index (χ0v) is 16.7. The van der Waals surface area contributed by atoms with Crippen LogP contribution in [0.1, 0.15) is 19.3 Å². The molecule has 14 heteroatoms. The third-order valence-electron chi connectivity index (χ3n) is 4.24. The van der Waals surface area contributed by atoms with E-state index in [1.54, 1.807) is 6.20 Å². The van der Waals surface area contributed by atoms with Crippen molar-refractivity contribution in [3.05, 3.63) is 36.7 Å². The van der Waals surface area contributed by atoms with E-state index >= 15 is 0 Å². The highest BCUT2D eigenvalue weighted by molar-refractivity contribution is 5.95. The molecule has 0 bridgehead atoms. The molecule has 8 nitrogen and oxygen atoms in total. The molecule has 1 aliphatic carbocycles. The van der Waals surface area contributed by atoms with Gasteiger partial charge in [0.2, 0.25) is 5.91 Å². The van der Waals surface area contributed by atoms with Gasteiger partial charge in [0.1, 0.15) is 0 Å². The predicted octanol–water partition coefficient (Wildman–Crippen LogP) is 3.57. The number of hydrogen-bond donors (Lipinski definition) is 4. The van der Waals surface area contributed by atoms with E-state index in [9.17, 15) is 31.1 Å². The summed E-state index contributed by atoms with van der Waals surface area (Å²) in [6, 6.07) is 7.98. The summed E-state index contributed by atoms with van der Waals surface area (Å²) in [4.78, 5) is 34.0. The van der Waals surface area contributed by atoms with Gasteiger partial charge >= 0.3 is 24.3 Å². The number of fused-ring (bicyclic) bond motifs is 1. The van der Waals surface area contributed by atoms with Gasteiger partial charge in [-0.2, -0.15) is 26.3 Å². The number of aliphatic carboxylic acids is 2. The number of hydrogen-bond acceptors (Lipinski definition) is 5. The molecule has 0 aliphatic heterocycles. The van der Waals surface area contributed by atoms with Gasteiger partial charge in [-0.15, -0.1) is 0 Å². The maximum atomic E-state index is 12.1. The molecule has 1 amide bonds. The highest BCUT2D eigenvalue weighted by atomic mass is 19.4. The summed E-state index contributed by atoms with van der Waals surface area (Å²) in [5, 5.41) is 19.4. The molecule has 182 valence electrons. The van der Waals surface area contributed by atoms with E-state index in [1.165, 1.54) is 0 Å². The lowest BCUT2D eigenvalue weighted by Gasteiger charge is -2.11. The summed E-state index contributed by atoms with van der Waals surface area (Å²) in [7, 11) is 0. The molecule has 0 unspecified atom stereocenters. The van der Waals surface area contributed by atoms with Crippen LogP contribution in [0, 0.1) is 5.92 Å². The number of carboxylic acid groups (broad SMARTS) is 2. The predicted molar refractivity (Wildman–Crippen MR) is 103 cm³/mol. The number of nitrogens with two attached hydrogens (primary N) is 1. The van der Waals surface area contributed by atoms with Crippen LogP contribution in [0.3, 0.4) is 0 Å². The van der Waals surface area contributed by atoms with Gasteiger partial charge < -0.3 is 21.3 Å². The maximum absolute atomic E-state index is 12.1. The fourth-order valence-corrected chi connectivity index (χ4v) is 2.66. The average Bonchev–Trinajstić information content (AvgIpc) is 3.14. The van der Waals surface area contributed by atoms with Crippen LogP contribution in [0.5, 0.6) is 0 Å². The number of benzene rings is 1. The molecule has 1 aromatic heterocycles. The molecule has 1 heterocycles. The van der Waals surface area contributed by atoms with Crippen molar-refractivity contribution in [3.8, 4) is 0 Å².